The van der Waals surface area contributed by atoms with Gasteiger partial charge in [-0.25, -0.2) is 0 Å². The summed E-state index contributed by atoms with van der Waals surface area (Å²) < 4.78 is 0. The lowest BCUT2D eigenvalue weighted by atomic mass is 9.90. The molecule has 3 rings (SSSR count). The van der Waals surface area contributed by atoms with Gasteiger partial charge in [-0.2, -0.15) is 0 Å². The van der Waals surface area contributed by atoms with Crippen LogP contribution in [0.25, 0.3) is 0 Å². The highest BCUT2D eigenvalue weighted by molar-refractivity contribution is 6.42. The molecule has 3 nitrogen and oxygen atoms in total. The minimum Gasteiger partial charge on any atom is -0.369 e. The molecule has 1 atom stereocenters. The van der Waals surface area contributed by atoms with Crippen LogP contribution in [0.5, 0.6) is 0 Å². The highest BCUT2D eigenvalue weighted by Crippen LogP contribution is 2.41. The first-order valence-electron chi connectivity index (χ1n) is 6.64. The number of nitrogens with zero attached hydrogens (tertiary/aromatic N) is 2. The highest BCUT2D eigenvalue weighted by Gasteiger charge is 2.42. The van der Waals surface area contributed by atoms with Crippen molar-refractivity contribution in [2.45, 2.75) is 12.5 Å². The molecule has 2 aromatic rings. The molecule has 0 aromatic heterocycles. The molecule has 0 saturated carbocycles. The molecule has 0 spiro atoms. The topological polar surface area (TPSA) is 41.6 Å². The van der Waals surface area contributed by atoms with Crippen LogP contribution in [0.15, 0.2) is 53.5 Å². The Kier molecular flexibility index (Phi) is 3.56. The zero-order chi connectivity index (χ0) is 15.0. The Labute approximate surface area is 134 Å². The Morgan fingerprint density at radius 1 is 1.10 bits per heavy atom. The van der Waals surface area contributed by atoms with Crippen molar-refractivity contribution in [1.82, 2.24) is 0 Å². The van der Waals surface area contributed by atoms with Gasteiger partial charge in [0.1, 0.15) is 0 Å². The van der Waals surface area contributed by atoms with Crippen LogP contribution >= 0.6 is 23.2 Å². The third-order valence-corrected chi connectivity index (χ3v) is 4.64. The van der Waals surface area contributed by atoms with E-state index in [1.165, 1.54) is 0 Å². The third kappa shape index (κ3) is 2.27. The van der Waals surface area contributed by atoms with Gasteiger partial charge in [-0.05, 0) is 30.7 Å². The summed E-state index contributed by atoms with van der Waals surface area (Å²) in [6.07, 6.45) is 0. The van der Waals surface area contributed by atoms with Crippen molar-refractivity contribution in [3.63, 3.8) is 0 Å². The summed E-state index contributed by atoms with van der Waals surface area (Å²) in [6, 6.07) is 15.6. The first kappa shape index (κ1) is 14.2. The van der Waals surface area contributed by atoms with Crippen LogP contribution < -0.4 is 10.6 Å². The monoisotopic (exact) mass is 319 g/mol. The summed E-state index contributed by atoms with van der Waals surface area (Å²) in [5.41, 5.74) is 7.56. The highest BCUT2D eigenvalue weighted by atomic mass is 35.5. The van der Waals surface area contributed by atoms with Crippen molar-refractivity contribution in [2.75, 3.05) is 11.4 Å². The van der Waals surface area contributed by atoms with E-state index in [-0.39, 0.29) is 0 Å². The molecule has 1 aliphatic rings. The molecule has 0 fully saturated rings. The lowest BCUT2D eigenvalue weighted by Gasteiger charge is -2.37. The molecule has 0 bridgehead atoms. The van der Waals surface area contributed by atoms with Gasteiger partial charge in [0.2, 0.25) is 0 Å². The fourth-order valence-electron chi connectivity index (χ4n) is 2.75. The number of anilines is 1. The van der Waals surface area contributed by atoms with Gasteiger partial charge in [-0.15, -0.1) is 0 Å². The Hall–Kier alpha value is -1.71. The van der Waals surface area contributed by atoms with Crippen LogP contribution in [0.3, 0.4) is 0 Å². The van der Waals surface area contributed by atoms with E-state index in [1.807, 2.05) is 47.4 Å². The van der Waals surface area contributed by atoms with Crippen LogP contribution in [0.4, 0.5) is 5.69 Å². The van der Waals surface area contributed by atoms with Gasteiger partial charge < -0.3 is 10.6 Å². The lowest BCUT2D eigenvalue weighted by Crippen LogP contribution is -2.48. The Bertz CT molecular complexity index is 700. The number of hydrogen-bond acceptors (Lipinski definition) is 3. The summed E-state index contributed by atoms with van der Waals surface area (Å²) in [6.45, 7) is 2.61. The number of guanidine groups is 1. The summed E-state index contributed by atoms with van der Waals surface area (Å²) in [5, 5.41) is 1.08. The fraction of sp³-hybridized carbons (Fsp3) is 0.188. The van der Waals surface area contributed by atoms with E-state index in [2.05, 4.69) is 11.9 Å². The zero-order valence-corrected chi connectivity index (χ0v) is 13.1. The molecule has 2 N–H and O–H groups in total. The quantitative estimate of drug-likeness (QED) is 0.907. The van der Waals surface area contributed by atoms with E-state index in [0.29, 0.717) is 22.5 Å². The standard InChI is InChI=1S/C16H15Cl2N3/c1-16(12-8-5-9-13(17)14(12)18)10-20-15(19)21(16)11-6-3-2-4-7-11/h2-9H,10H2,1H3,(H2,19,20). The molecule has 1 heterocycles. The van der Waals surface area contributed by atoms with Gasteiger partial charge in [0.25, 0.3) is 0 Å². The number of rotatable bonds is 2. The number of hydrogen-bond donors (Lipinski definition) is 1. The first-order chi connectivity index (χ1) is 10.0. The molecule has 5 heteroatoms. The van der Waals surface area contributed by atoms with Gasteiger partial charge in [0.05, 0.1) is 22.1 Å². The molecule has 108 valence electrons. The van der Waals surface area contributed by atoms with Crippen LogP contribution in [-0.4, -0.2) is 12.5 Å². The van der Waals surface area contributed by atoms with Gasteiger partial charge >= 0.3 is 0 Å². The second kappa shape index (κ2) is 5.24. The molecule has 0 saturated heterocycles. The van der Waals surface area contributed by atoms with Crippen LogP contribution in [0.1, 0.15) is 12.5 Å². The van der Waals surface area contributed by atoms with E-state index in [1.54, 1.807) is 6.07 Å². The van der Waals surface area contributed by atoms with Gasteiger partial charge in [0.15, 0.2) is 5.96 Å². The maximum absolute atomic E-state index is 6.41. The number of aliphatic imine (C=N–C) groups is 1. The molecule has 21 heavy (non-hydrogen) atoms. The summed E-state index contributed by atoms with van der Waals surface area (Å²) in [7, 11) is 0. The number of nitrogens with two attached hydrogens (primary N) is 1. The molecular weight excluding hydrogens is 305 g/mol. The Morgan fingerprint density at radius 2 is 1.81 bits per heavy atom. The average molecular weight is 320 g/mol. The zero-order valence-electron chi connectivity index (χ0n) is 11.6. The van der Waals surface area contributed by atoms with E-state index in [9.17, 15) is 0 Å². The second-order valence-electron chi connectivity index (χ2n) is 5.22. The predicted octanol–water partition coefficient (Wildman–Crippen LogP) is 4.04. The summed E-state index contributed by atoms with van der Waals surface area (Å²) in [4.78, 5) is 6.42. The van der Waals surface area contributed by atoms with Crippen molar-refractivity contribution in [1.29, 1.82) is 0 Å². The van der Waals surface area contributed by atoms with Crippen LogP contribution in [-0.2, 0) is 5.54 Å². The summed E-state index contributed by atoms with van der Waals surface area (Å²) >= 11 is 12.6. The van der Waals surface area contributed by atoms with Crippen LogP contribution in [0, 0.1) is 0 Å². The number of para-hydroxylation sites is 1. The van der Waals surface area contributed by atoms with Crippen LogP contribution in [0.2, 0.25) is 10.0 Å². The Morgan fingerprint density at radius 3 is 2.52 bits per heavy atom. The van der Waals surface area contributed by atoms with Gasteiger partial charge in [-0.3, -0.25) is 4.99 Å². The molecule has 2 aromatic carbocycles. The van der Waals surface area contributed by atoms with Crippen molar-refractivity contribution >= 4 is 34.8 Å². The molecule has 0 amide bonds. The van der Waals surface area contributed by atoms with E-state index < -0.39 is 5.54 Å². The van der Waals surface area contributed by atoms with Crippen molar-refractivity contribution in [3.05, 3.63) is 64.1 Å². The molecule has 1 unspecified atom stereocenters. The van der Waals surface area contributed by atoms with Crippen molar-refractivity contribution < 1.29 is 0 Å². The van der Waals surface area contributed by atoms with Crippen molar-refractivity contribution in [3.8, 4) is 0 Å². The lowest BCUT2D eigenvalue weighted by molar-refractivity contribution is 0.533. The Balaban J connectivity index is 2.14. The number of benzene rings is 2. The van der Waals surface area contributed by atoms with E-state index >= 15 is 0 Å². The van der Waals surface area contributed by atoms with E-state index in [0.717, 1.165) is 11.3 Å². The molecule has 1 aliphatic heterocycles. The molecular formula is C16H15Cl2N3. The van der Waals surface area contributed by atoms with Gasteiger partial charge in [-0.1, -0.05) is 53.5 Å². The van der Waals surface area contributed by atoms with Crippen molar-refractivity contribution in [2.24, 2.45) is 10.7 Å². The minimum absolute atomic E-state index is 0.451. The normalized spacial score (nSPS) is 21.5. The SMILES string of the molecule is CC1(c2cccc(Cl)c2Cl)CN=C(N)N1c1ccccc1. The summed E-state index contributed by atoms with van der Waals surface area (Å²) in [5.74, 6) is 0.486. The minimum atomic E-state index is -0.451. The maximum Gasteiger partial charge on any atom is 0.196 e. The number of halogens is 2. The maximum atomic E-state index is 6.41. The average Bonchev–Trinajstić information content (AvgIpc) is 2.79. The third-order valence-electron chi connectivity index (χ3n) is 3.82. The van der Waals surface area contributed by atoms with Gasteiger partial charge in [0, 0.05) is 5.69 Å². The smallest absolute Gasteiger partial charge is 0.196 e. The largest absolute Gasteiger partial charge is 0.369 e. The first-order valence-corrected chi connectivity index (χ1v) is 7.39. The predicted molar refractivity (Wildman–Crippen MR) is 89.2 cm³/mol. The molecule has 0 aliphatic carbocycles. The van der Waals surface area contributed by atoms with E-state index in [4.69, 9.17) is 28.9 Å². The fourth-order valence-corrected chi connectivity index (χ4v) is 3.25. The molecule has 0 radical (unpaired) electrons. The second-order valence-corrected chi connectivity index (χ2v) is 6.01.